The Hall–Kier alpha value is -5.24. The van der Waals surface area contributed by atoms with Gasteiger partial charge in [-0.25, -0.2) is 19.2 Å². The van der Waals surface area contributed by atoms with E-state index in [9.17, 15) is 19.2 Å². The fourth-order valence-electron chi connectivity index (χ4n) is 5.66. The topological polar surface area (TPSA) is 105 Å². The van der Waals surface area contributed by atoms with E-state index in [0.29, 0.717) is 74.4 Å². The molecule has 0 heterocycles. The van der Waals surface area contributed by atoms with Crippen molar-refractivity contribution in [1.29, 1.82) is 0 Å². The standard InChI is InChI=1S/C42H46O8/c1-5-25-47-38(43)31-11-9-30(10-12-31)29-42(35-19-13-32(14-20-35)39(44)48-26-6-2,36-21-15-33(16-22-36)40(45)49-27-7-3)37-23-17-34(18-24-37)41(46)50-28-8-4/h9-24H,5-8,25-29H2,1-4H3. The van der Waals surface area contributed by atoms with Crippen molar-refractivity contribution in [2.75, 3.05) is 26.4 Å². The minimum Gasteiger partial charge on any atom is -0.462 e. The third-order valence-corrected chi connectivity index (χ3v) is 8.25. The van der Waals surface area contributed by atoms with E-state index in [1.807, 2.05) is 76.2 Å². The van der Waals surface area contributed by atoms with Crippen molar-refractivity contribution < 1.29 is 38.1 Å². The SMILES string of the molecule is CCCOC(=O)c1ccc(CC(c2ccc(C(=O)OCCC)cc2)(c2ccc(C(=O)OCCC)cc2)c2ccc(C(=O)OCCC)cc2)cc1. The Morgan fingerprint density at radius 2 is 0.640 bits per heavy atom. The van der Waals surface area contributed by atoms with Gasteiger partial charge in [0.25, 0.3) is 0 Å². The first-order chi connectivity index (χ1) is 24.3. The number of carbonyl (C=O) groups is 4. The Balaban J connectivity index is 1.89. The Kier molecular flexibility index (Phi) is 13.9. The first-order valence-corrected chi connectivity index (χ1v) is 17.4. The van der Waals surface area contributed by atoms with E-state index >= 15 is 0 Å². The summed E-state index contributed by atoms with van der Waals surface area (Å²) in [6.07, 6.45) is 3.30. The molecule has 0 unspecified atom stereocenters. The predicted molar refractivity (Wildman–Crippen MR) is 192 cm³/mol. The van der Waals surface area contributed by atoms with Crippen molar-refractivity contribution in [3.8, 4) is 0 Å². The van der Waals surface area contributed by atoms with Crippen molar-refractivity contribution in [2.45, 2.75) is 65.2 Å². The van der Waals surface area contributed by atoms with Crippen LogP contribution in [0.25, 0.3) is 0 Å². The quantitative estimate of drug-likeness (QED) is 0.0622. The van der Waals surface area contributed by atoms with Crippen LogP contribution in [0.4, 0.5) is 0 Å². The minimum atomic E-state index is -0.881. The molecule has 0 N–H and O–H groups in total. The maximum absolute atomic E-state index is 12.8. The second-order valence-corrected chi connectivity index (χ2v) is 12.1. The molecule has 4 aromatic rings. The van der Waals surface area contributed by atoms with Crippen molar-refractivity contribution >= 4 is 23.9 Å². The Bertz CT molecular complexity index is 1550. The number of rotatable bonds is 17. The summed E-state index contributed by atoms with van der Waals surface area (Å²) in [5.41, 5.74) is 4.34. The van der Waals surface area contributed by atoms with Gasteiger partial charge in [0.05, 0.1) is 48.7 Å². The molecule has 8 heteroatoms. The van der Waals surface area contributed by atoms with Crippen molar-refractivity contribution in [3.05, 3.63) is 142 Å². The first-order valence-electron chi connectivity index (χ1n) is 17.4. The van der Waals surface area contributed by atoms with E-state index in [2.05, 4.69) is 0 Å². The molecule has 0 saturated carbocycles. The van der Waals surface area contributed by atoms with Crippen molar-refractivity contribution in [1.82, 2.24) is 0 Å². The summed E-state index contributed by atoms with van der Waals surface area (Å²) in [5, 5.41) is 0. The molecule has 0 atom stereocenters. The largest absolute Gasteiger partial charge is 0.462 e. The third kappa shape index (κ3) is 9.26. The molecule has 0 aliphatic heterocycles. The summed E-state index contributed by atoms with van der Waals surface area (Å²) in [4.78, 5) is 50.8. The van der Waals surface area contributed by atoms with Gasteiger partial charge in [0, 0.05) is 5.41 Å². The molecule has 0 bridgehead atoms. The van der Waals surface area contributed by atoms with Gasteiger partial charge in [0.15, 0.2) is 0 Å². The lowest BCUT2D eigenvalue weighted by atomic mass is 9.65. The van der Waals surface area contributed by atoms with Gasteiger partial charge in [0.1, 0.15) is 0 Å². The van der Waals surface area contributed by atoms with Crippen LogP contribution >= 0.6 is 0 Å². The maximum atomic E-state index is 12.8. The van der Waals surface area contributed by atoms with E-state index in [4.69, 9.17) is 18.9 Å². The van der Waals surface area contributed by atoms with Crippen LogP contribution in [-0.4, -0.2) is 50.3 Å². The molecule has 0 saturated heterocycles. The van der Waals surface area contributed by atoms with Crippen molar-refractivity contribution in [2.24, 2.45) is 0 Å². The number of esters is 4. The summed E-state index contributed by atoms with van der Waals surface area (Å²) in [7, 11) is 0. The predicted octanol–water partition coefficient (Wildman–Crippen LogP) is 8.53. The Morgan fingerprint density at radius 1 is 0.400 bits per heavy atom. The van der Waals surface area contributed by atoms with Gasteiger partial charge in [-0.15, -0.1) is 0 Å². The van der Waals surface area contributed by atoms with E-state index < -0.39 is 23.3 Å². The van der Waals surface area contributed by atoms with Crippen LogP contribution in [0.3, 0.4) is 0 Å². The normalized spacial score (nSPS) is 11.0. The molecule has 262 valence electrons. The molecular formula is C42H46O8. The third-order valence-electron chi connectivity index (χ3n) is 8.25. The molecule has 0 aliphatic rings. The zero-order valence-corrected chi connectivity index (χ0v) is 29.4. The fourth-order valence-corrected chi connectivity index (χ4v) is 5.66. The monoisotopic (exact) mass is 678 g/mol. The average Bonchev–Trinajstić information content (AvgIpc) is 3.16. The number of ether oxygens (including phenoxy) is 4. The van der Waals surface area contributed by atoms with Crippen LogP contribution in [0.5, 0.6) is 0 Å². The summed E-state index contributed by atoms with van der Waals surface area (Å²) in [6, 6.07) is 29.3. The number of hydrogen-bond acceptors (Lipinski definition) is 8. The molecule has 0 aromatic heterocycles. The zero-order valence-electron chi connectivity index (χ0n) is 29.4. The Labute approximate surface area is 294 Å². The van der Waals surface area contributed by atoms with Gasteiger partial charge >= 0.3 is 23.9 Å². The molecule has 50 heavy (non-hydrogen) atoms. The van der Waals surface area contributed by atoms with Crippen LogP contribution in [-0.2, 0) is 30.8 Å². The molecule has 8 nitrogen and oxygen atoms in total. The van der Waals surface area contributed by atoms with Crippen LogP contribution in [0.15, 0.2) is 97.1 Å². The number of carbonyl (C=O) groups excluding carboxylic acids is 4. The highest BCUT2D eigenvalue weighted by atomic mass is 16.5. The zero-order chi connectivity index (χ0) is 35.9. The minimum absolute atomic E-state index is 0.326. The molecule has 0 fully saturated rings. The van der Waals surface area contributed by atoms with Crippen LogP contribution < -0.4 is 0 Å². The summed E-state index contributed by atoms with van der Waals surface area (Å²) >= 11 is 0. The Morgan fingerprint density at radius 3 is 0.880 bits per heavy atom. The highest BCUT2D eigenvalue weighted by molar-refractivity contribution is 5.91. The molecule has 0 aliphatic carbocycles. The molecule has 0 radical (unpaired) electrons. The van der Waals surface area contributed by atoms with Crippen LogP contribution in [0.2, 0.25) is 0 Å². The van der Waals surface area contributed by atoms with Gasteiger partial charge in [0.2, 0.25) is 0 Å². The van der Waals surface area contributed by atoms with E-state index in [-0.39, 0.29) is 5.97 Å². The second kappa shape index (κ2) is 18.5. The average molecular weight is 679 g/mol. The van der Waals surface area contributed by atoms with Gasteiger partial charge < -0.3 is 18.9 Å². The lowest BCUT2D eigenvalue weighted by Crippen LogP contribution is -2.32. The summed E-state index contributed by atoms with van der Waals surface area (Å²) < 4.78 is 21.5. The maximum Gasteiger partial charge on any atom is 0.338 e. The van der Waals surface area contributed by atoms with Crippen LogP contribution in [0.1, 0.15) is 117 Å². The van der Waals surface area contributed by atoms with Gasteiger partial charge in [-0.3, -0.25) is 0 Å². The molecule has 0 amide bonds. The summed E-state index contributed by atoms with van der Waals surface area (Å²) in [5.74, 6) is -1.59. The van der Waals surface area contributed by atoms with E-state index in [1.54, 1.807) is 48.5 Å². The molecule has 4 rings (SSSR count). The lowest BCUT2D eigenvalue weighted by molar-refractivity contribution is 0.0496. The first kappa shape index (κ1) is 37.6. The smallest absolute Gasteiger partial charge is 0.338 e. The summed E-state index contributed by atoms with van der Waals surface area (Å²) in [6.45, 7) is 9.08. The number of benzene rings is 4. The van der Waals surface area contributed by atoms with E-state index in [1.165, 1.54) is 0 Å². The highest BCUT2D eigenvalue weighted by Crippen LogP contribution is 2.43. The van der Waals surface area contributed by atoms with Gasteiger partial charge in [-0.05, 0) is 103 Å². The highest BCUT2D eigenvalue weighted by Gasteiger charge is 2.37. The fraction of sp³-hybridized carbons (Fsp3) is 0.333. The van der Waals surface area contributed by atoms with Crippen molar-refractivity contribution in [3.63, 3.8) is 0 Å². The second-order valence-electron chi connectivity index (χ2n) is 12.1. The molecule has 0 spiro atoms. The molecular weight excluding hydrogens is 632 g/mol. The van der Waals surface area contributed by atoms with Gasteiger partial charge in [-0.2, -0.15) is 0 Å². The van der Waals surface area contributed by atoms with E-state index in [0.717, 1.165) is 28.7 Å². The number of hydrogen-bond donors (Lipinski definition) is 0. The van der Waals surface area contributed by atoms with Crippen LogP contribution in [0, 0.1) is 0 Å². The lowest BCUT2D eigenvalue weighted by Gasteiger charge is -2.37. The van der Waals surface area contributed by atoms with Gasteiger partial charge in [-0.1, -0.05) is 76.2 Å². The molecule has 4 aromatic carbocycles.